The van der Waals surface area contributed by atoms with Crippen molar-refractivity contribution in [2.24, 2.45) is 0 Å². The van der Waals surface area contributed by atoms with Crippen molar-refractivity contribution in [1.82, 2.24) is 19.9 Å². The molecular weight excluding hydrogens is 344 g/mol. The third kappa shape index (κ3) is 3.12. The number of ether oxygens (including phenoxy) is 2. The van der Waals surface area contributed by atoms with Crippen LogP contribution < -0.4 is 9.47 Å². The van der Waals surface area contributed by atoms with Crippen molar-refractivity contribution in [1.29, 1.82) is 0 Å². The number of hydrogen-bond acceptors (Lipinski definition) is 5. The Morgan fingerprint density at radius 1 is 1.11 bits per heavy atom. The van der Waals surface area contributed by atoms with Gasteiger partial charge in [-0.05, 0) is 23.8 Å². The van der Waals surface area contributed by atoms with Crippen molar-refractivity contribution in [3.63, 3.8) is 0 Å². The van der Waals surface area contributed by atoms with E-state index in [2.05, 4.69) is 15.0 Å². The maximum absolute atomic E-state index is 13.2. The second-order valence-corrected chi connectivity index (χ2v) is 6.28. The highest BCUT2D eigenvalue weighted by Crippen LogP contribution is 2.35. The van der Waals surface area contributed by atoms with Crippen LogP contribution in [0.15, 0.2) is 48.9 Å². The van der Waals surface area contributed by atoms with Gasteiger partial charge >= 0.3 is 0 Å². The number of imidazole rings is 1. The third-order valence-corrected chi connectivity index (χ3v) is 4.81. The molecule has 0 spiro atoms. The first-order chi connectivity index (χ1) is 13.2. The smallest absolute Gasteiger partial charge is 0.256 e. The summed E-state index contributed by atoms with van der Waals surface area (Å²) in [6.45, 7) is 0.594. The van der Waals surface area contributed by atoms with E-state index in [9.17, 15) is 4.79 Å². The molecule has 1 amide bonds. The summed E-state index contributed by atoms with van der Waals surface area (Å²) in [5.41, 5.74) is 3.45. The van der Waals surface area contributed by atoms with Gasteiger partial charge in [0.25, 0.3) is 5.91 Å². The normalized spacial score (nSPS) is 15.9. The lowest BCUT2D eigenvalue weighted by atomic mass is 9.95. The number of amides is 1. The Labute approximate surface area is 157 Å². The van der Waals surface area contributed by atoms with Gasteiger partial charge in [0.2, 0.25) is 5.88 Å². The fourth-order valence-electron chi connectivity index (χ4n) is 3.41. The zero-order valence-electron chi connectivity index (χ0n) is 15.2. The zero-order chi connectivity index (χ0) is 18.8. The fraction of sp³-hybridized carbons (Fsp3) is 0.250. The Hall–Kier alpha value is -3.35. The molecule has 2 aromatic heterocycles. The standard InChI is InChI=1S/C20H20N4O3/c1-26-15-6-3-13(4-7-15)19-18-16(22-12-23-18)9-10-24(19)20(25)14-5-8-17(27-2)21-11-14/h3-8,11-12,19H,9-10H2,1-2H3,(H,22,23). The fourth-order valence-corrected chi connectivity index (χ4v) is 3.41. The molecule has 1 atom stereocenters. The van der Waals surface area contributed by atoms with Crippen molar-refractivity contribution >= 4 is 5.91 Å². The lowest BCUT2D eigenvalue weighted by Gasteiger charge is -2.35. The predicted octanol–water partition coefficient (Wildman–Crippen LogP) is 2.61. The number of H-pyrrole nitrogens is 1. The van der Waals surface area contributed by atoms with Gasteiger partial charge in [-0.25, -0.2) is 9.97 Å². The van der Waals surface area contributed by atoms with Gasteiger partial charge in [-0.2, -0.15) is 0 Å². The lowest BCUT2D eigenvalue weighted by molar-refractivity contribution is 0.0690. The number of hydrogen-bond donors (Lipinski definition) is 1. The number of nitrogens with zero attached hydrogens (tertiary/aromatic N) is 3. The van der Waals surface area contributed by atoms with Crippen molar-refractivity contribution in [3.8, 4) is 11.6 Å². The average Bonchev–Trinajstić information content (AvgIpc) is 3.21. The molecule has 1 N–H and O–H groups in total. The van der Waals surface area contributed by atoms with E-state index in [-0.39, 0.29) is 11.9 Å². The maximum atomic E-state index is 13.2. The van der Waals surface area contributed by atoms with Gasteiger partial charge in [0.15, 0.2) is 0 Å². The number of carbonyl (C=O) groups is 1. The number of rotatable bonds is 4. The number of benzene rings is 1. The molecule has 1 unspecified atom stereocenters. The van der Waals surface area contributed by atoms with Crippen molar-refractivity contribution in [3.05, 3.63) is 71.4 Å². The first-order valence-corrected chi connectivity index (χ1v) is 8.68. The predicted molar refractivity (Wildman–Crippen MR) is 99.0 cm³/mol. The third-order valence-electron chi connectivity index (χ3n) is 4.81. The Bertz CT molecular complexity index is 935. The molecule has 1 aromatic carbocycles. The van der Waals surface area contributed by atoms with E-state index in [1.165, 1.54) is 0 Å². The van der Waals surface area contributed by atoms with E-state index in [4.69, 9.17) is 9.47 Å². The molecular formula is C20H20N4O3. The SMILES string of the molecule is COc1ccc(C2c3nc[nH]c3CCN2C(=O)c2ccc(OC)nc2)cc1. The second-order valence-electron chi connectivity index (χ2n) is 6.28. The maximum Gasteiger partial charge on any atom is 0.256 e. The molecule has 1 aliphatic heterocycles. The molecule has 138 valence electrons. The molecule has 0 aliphatic carbocycles. The van der Waals surface area contributed by atoms with Crippen LogP contribution in [0.25, 0.3) is 0 Å². The number of aromatic amines is 1. The summed E-state index contributed by atoms with van der Waals surface area (Å²) in [6, 6.07) is 10.9. The van der Waals surface area contributed by atoms with Crippen molar-refractivity contribution in [2.75, 3.05) is 20.8 Å². The van der Waals surface area contributed by atoms with Crippen LogP contribution in [0.1, 0.15) is 33.4 Å². The molecule has 0 radical (unpaired) electrons. The summed E-state index contributed by atoms with van der Waals surface area (Å²) in [5.74, 6) is 1.17. The Morgan fingerprint density at radius 2 is 1.93 bits per heavy atom. The summed E-state index contributed by atoms with van der Waals surface area (Å²) in [6.07, 6.45) is 3.97. The zero-order valence-corrected chi connectivity index (χ0v) is 15.2. The molecule has 1 aliphatic rings. The van der Waals surface area contributed by atoms with E-state index in [0.29, 0.717) is 18.0 Å². The number of pyridine rings is 1. The Morgan fingerprint density at radius 3 is 2.59 bits per heavy atom. The Balaban J connectivity index is 1.72. The van der Waals surface area contributed by atoms with E-state index in [0.717, 1.165) is 29.1 Å². The van der Waals surface area contributed by atoms with E-state index in [1.807, 2.05) is 29.2 Å². The molecule has 0 fully saturated rings. The van der Waals surface area contributed by atoms with E-state index in [1.54, 1.807) is 38.9 Å². The van der Waals surface area contributed by atoms with Crippen LogP contribution in [-0.2, 0) is 6.42 Å². The van der Waals surface area contributed by atoms with Gasteiger partial charge in [-0.1, -0.05) is 12.1 Å². The molecule has 4 rings (SSSR count). The topological polar surface area (TPSA) is 80.3 Å². The van der Waals surface area contributed by atoms with E-state index >= 15 is 0 Å². The van der Waals surface area contributed by atoms with Gasteiger partial charge in [-0.3, -0.25) is 4.79 Å². The highest BCUT2D eigenvalue weighted by molar-refractivity contribution is 5.94. The number of nitrogens with one attached hydrogen (secondary N) is 1. The molecule has 7 heteroatoms. The first kappa shape index (κ1) is 17.1. The van der Waals surface area contributed by atoms with Crippen LogP contribution >= 0.6 is 0 Å². The Kier molecular flexibility index (Phi) is 4.50. The monoisotopic (exact) mass is 364 g/mol. The number of carbonyl (C=O) groups excluding carboxylic acids is 1. The molecule has 3 aromatic rings. The largest absolute Gasteiger partial charge is 0.497 e. The van der Waals surface area contributed by atoms with Crippen molar-refractivity contribution < 1.29 is 14.3 Å². The van der Waals surface area contributed by atoms with Crippen LogP contribution in [0.4, 0.5) is 0 Å². The van der Waals surface area contributed by atoms with Gasteiger partial charge in [0.05, 0.1) is 31.8 Å². The summed E-state index contributed by atoms with van der Waals surface area (Å²) in [5, 5.41) is 0. The quantitative estimate of drug-likeness (QED) is 0.770. The highest BCUT2D eigenvalue weighted by atomic mass is 16.5. The van der Waals surface area contributed by atoms with Crippen LogP contribution in [0.5, 0.6) is 11.6 Å². The van der Waals surface area contributed by atoms with Crippen LogP contribution in [0, 0.1) is 0 Å². The van der Waals surface area contributed by atoms with Crippen molar-refractivity contribution in [2.45, 2.75) is 12.5 Å². The minimum atomic E-state index is -0.263. The van der Waals surface area contributed by atoms with Gasteiger partial charge in [0, 0.05) is 30.9 Å². The summed E-state index contributed by atoms with van der Waals surface area (Å²) in [4.78, 5) is 26.9. The van der Waals surface area contributed by atoms with Gasteiger partial charge in [-0.15, -0.1) is 0 Å². The first-order valence-electron chi connectivity index (χ1n) is 8.68. The minimum absolute atomic E-state index is 0.0837. The van der Waals surface area contributed by atoms with Gasteiger partial charge < -0.3 is 19.4 Å². The number of fused-ring (bicyclic) bond motifs is 1. The second kappa shape index (κ2) is 7.11. The highest BCUT2D eigenvalue weighted by Gasteiger charge is 2.34. The summed E-state index contributed by atoms with van der Waals surface area (Å²) < 4.78 is 10.3. The minimum Gasteiger partial charge on any atom is -0.497 e. The molecule has 27 heavy (non-hydrogen) atoms. The molecule has 0 saturated carbocycles. The van der Waals surface area contributed by atoms with Crippen LogP contribution in [0.2, 0.25) is 0 Å². The number of methoxy groups -OCH3 is 2. The van der Waals surface area contributed by atoms with E-state index < -0.39 is 0 Å². The van der Waals surface area contributed by atoms with Crippen LogP contribution in [-0.4, -0.2) is 46.5 Å². The molecule has 0 saturated heterocycles. The number of aromatic nitrogens is 3. The van der Waals surface area contributed by atoms with Gasteiger partial charge in [0.1, 0.15) is 11.8 Å². The summed E-state index contributed by atoms with van der Waals surface area (Å²) >= 11 is 0. The summed E-state index contributed by atoms with van der Waals surface area (Å²) in [7, 11) is 3.18. The van der Waals surface area contributed by atoms with Crippen LogP contribution in [0.3, 0.4) is 0 Å². The lowest BCUT2D eigenvalue weighted by Crippen LogP contribution is -2.40. The molecule has 3 heterocycles. The average molecular weight is 364 g/mol. The molecule has 7 nitrogen and oxygen atoms in total. The molecule has 0 bridgehead atoms.